The van der Waals surface area contributed by atoms with Crippen LogP contribution in [0.5, 0.6) is 0 Å². The van der Waals surface area contributed by atoms with Crippen LogP contribution >= 0.6 is 0 Å². The molecule has 2 N–H and O–H groups in total. The van der Waals surface area contributed by atoms with Crippen molar-refractivity contribution in [3.05, 3.63) is 18.1 Å². The van der Waals surface area contributed by atoms with Crippen molar-refractivity contribution in [2.45, 2.75) is 31.3 Å². The molecule has 2 atom stereocenters. The Morgan fingerprint density at radius 1 is 1.45 bits per heavy atom. The van der Waals surface area contributed by atoms with Crippen LogP contribution in [-0.4, -0.2) is 76.3 Å². The van der Waals surface area contributed by atoms with E-state index in [1.165, 1.54) is 6.33 Å². The lowest BCUT2D eigenvalue weighted by atomic mass is 10.2. The maximum absolute atomic E-state index is 12.3. The second kappa shape index (κ2) is 9.32. The highest BCUT2D eigenvalue weighted by atomic mass is 19.4. The lowest BCUT2D eigenvalue weighted by Gasteiger charge is -2.14. The van der Waals surface area contributed by atoms with E-state index >= 15 is 0 Å². The van der Waals surface area contributed by atoms with Crippen LogP contribution in [0.2, 0.25) is 0 Å². The molecule has 3 rings (SSSR count). The molecule has 2 aromatic heterocycles. The Kier molecular flexibility index (Phi) is 6.77. The number of fused-ring (bicyclic) bond motifs is 1. The van der Waals surface area contributed by atoms with Gasteiger partial charge in [-0.2, -0.15) is 13.2 Å². The van der Waals surface area contributed by atoms with Crippen molar-refractivity contribution < 1.29 is 27.8 Å². The molecule has 12 heteroatoms. The van der Waals surface area contributed by atoms with Gasteiger partial charge in [-0.05, 0) is 12.8 Å². The molecule has 0 spiro atoms. The Labute approximate surface area is 175 Å². The lowest BCUT2D eigenvalue weighted by Crippen LogP contribution is -2.36. The third-order valence-corrected chi connectivity index (χ3v) is 4.42. The summed E-state index contributed by atoms with van der Waals surface area (Å²) < 4.78 is 44.5. The van der Waals surface area contributed by atoms with Crippen molar-refractivity contribution in [3.63, 3.8) is 0 Å². The summed E-state index contributed by atoms with van der Waals surface area (Å²) in [5.41, 5.74) is 0.923. The summed E-state index contributed by atoms with van der Waals surface area (Å²) in [7, 11) is 3.58. The molecule has 1 saturated heterocycles. The van der Waals surface area contributed by atoms with E-state index < -0.39 is 18.6 Å². The van der Waals surface area contributed by atoms with Crippen molar-refractivity contribution in [1.82, 2.24) is 24.8 Å². The van der Waals surface area contributed by atoms with Gasteiger partial charge in [-0.3, -0.25) is 4.79 Å². The van der Waals surface area contributed by atoms with Crippen molar-refractivity contribution >= 4 is 29.1 Å². The highest BCUT2D eigenvalue weighted by Gasteiger charge is 2.38. The first-order chi connectivity index (χ1) is 14.7. The number of halogens is 3. The third kappa shape index (κ3) is 5.31. The largest absolute Gasteiger partial charge is 0.471 e. The van der Waals surface area contributed by atoms with Gasteiger partial charge in [0.05, 0.1) is 36.5 Å². The third-order valence-electron chi connectivity index (χ3n) is 4.42. The van der Waals surface area contributed by atoms with Gasteiger partial charge in [0.2, 0.25) is 0 Å². The first kappa shape index (κ1) is 22.5. The Bertz CT molecular complexity index is 1040. The first-order valence-electron chi connectivity index (χ1n) is 9.37. The fourth-order valence-corrected chi connectivity index (χ4v) is 3.04. The molecule has 9 nitrogen and oxygen atoms in total. The number of nitrogens with zero attached hydrogens (tertiary/aromatic N) is 5. The highest BCUT2D eigenvalue weighted by molar-refractivity contribution is 5.93. The minimum absolute atomic E-state index is 0.103. The van der Waals surface area contributed by atoms with E-state index in [1.54, 1.807) is 41.4 Å². The van der Waals surface area contributed by atoms with Crippen molar-refractivity contribution in [2.24, 2.45) is 4.99 Å². The second-order valence-corrected chi connectivity index (χ2v) is 7.01. The predicted molar refractivity (Wildman–Crippen MR) is 106 cm³/mol. The molecule has 0 radical (unpaired) electrons. The van der Waals surface area contributed by atoms with Crippen molar-refractivity contribution in [2.75, 3.05) is 27.2 Å². The molecule has 3 heterocycles. The average molecular weight is 438 g/mol. The number of nitrogens with one attached hydrogen (secondary N) is 1. The Balaban J connectivity index is 1.97. The number of amides is 1. The van der Waals surface area contributed by atoms with Crippen molar-refractivity contribution in [3.8, 4) is 11.8 Å². The molecule has 1 fully saturated rings. The molecule has 0 aliphatic carbocycles. The van der Waals surface area contributed by atoms with Gasteiger partial charge in [-0.1, -0.05) is 11.8 Å². The summed E-state index contributed by atoms with van der Waals surface area (Å²) in [5, 5.41) is 11.6. The summed E-state index contributed by atoms with van der Waals surface area (Å²) in [4.78, 5) is 25.5. The number of carbonyl (C=O) groups excluding carboxylic acids is 1. The number of carbonyl (C=O) groups is 1. The fourth-order valence-electron chi connectivity index (χ4n) is 3.04. The summed E-state index contributed by atoms with van der Waals surface area (Å²) in [5.74, 6) is 3.56. The van der Waals surface area contributed by atoms with Crippen LogP contribution in [0.25, 0.3) is 11.0 Å². The van der Waals surface area contributed by atoms with E-state index in [9.17, 15) is 23.1 Å². The number of hydrogen-bond donors (Lipinski definition) is 2. The average Bonchev–Trinajstić information content (AvgIpc) is 3.33. The van der Waals surface area contributed by atoms with Crippen LogP contribution in [0, 0.1) is 11.8 Å². The number of alkyl halides is 3. The number of aliphatic hydroxyl groups is 1. The van der Waals surface area contributed by atoms with E-state index in [4.69, 9.17) is 4.74 Å². The Morgan fingerprint density at radius 2 is 2.23 bits per heavy atom. The molecule has 0 bridgehead atoms. The number of hydrogen-bond acceptors (Lipinski definition) is 6. The van der Waals surface area contributed by atoms with E-state index in [0.717, 1.165) is 0 Å². The molecule has 1 unspecified atom stereocenters. The molecule has 1 aliphatic rings. The Hall–Kier alpha value is -3.17. The Morgan fingerprint density at radius 3 is 2.87 bits per heavy atom. The molecule has 0 saturated carbocycles. The fraction of sp³-hybridized carbons (Fsp3) is 0.474. The van der Waals surface area contributed by atoms with Gasteiger partial charge < -0.3 is 24.6 Å². The molecule has 1 amide bonds. The minimum Gasteiger partial charge on any atom is -0.394 e. The molecular formula is C19H21F3N6O3. The van der Waals surface area contributed by atoms with Gasteiger partial charge in [0.25, 0.3) is 0 Å². The summed E-state index contributed by atoms with van der Waals surface area (Å²) in [6.07, 6.45) is 0.225. The minimum atomic E-state index is -4.97. The normalized spacial score (nSPS) is 18.9. The number of ether oxygens (including phenoxy) is 1. The van der Waals surface area contributed by atoms with Crippen LogP contribution in [0.3, 0.4) is 0 Å². The van der Waals surface area contributed by atoms with Crippen LogP contribution < -0.4 is 5.32 Å². The van der Waals surface area contributed by atoms with Gasteiger partial charge in [-0.15, -0.1) is 0 Å². The monoisotopic (exact) mass is 438 g/mol. The SMILES string of the molecule is CN(C)/C=N/c1ncnc2c1c(C#CCNC(=O)C(F)(F)F)cn2[C@H]1CCC(CO)O1. The van der Waals surface area contributed by atoms with E-state index in [0.29, 0.717) is 35.3 Å². The quantitative estimate of drug-likeness (QED) is 0.415. The van der Waals surface area contributed by atoms with Crippen LogP contribution in [-0.2, 0) is 9.53 Å². The summed E-state index contributed by atoms with van der Waals surface area (Å²) in [6.45, 7) is -0.587. The number of aliphatic imine (C=N–C) groups is 1. The highest BCUT2D eigenvalue weighted by Crippen LogP contribution is 2.34. The van der Waals surface area contributed by atoms with Gasteiger partial charge >= 0.3 is 12.1 Å². The first-order valence-corrected chi connectivity index (χ1v) is 9.37. The molecule has 1 aliphatic heterocycles. The van der Waals surface area contributed by atoms with E-state index in [2.05, 4.69) is 26.8 Å². The number of rotatable bonds is 5. The van der Waals surface area contributed by atoms with E-state index in [-0.39, 0.29) is 18.9 Å². The topological polar surface area (TPSA) is 105 Å². The molecular weight excluding hydrogens is 417 g/mol. The smallest absolute Gasteiger partial charge is 0.394 e. The summed E-state index contributed by atoms with van der Waals surface area (Å²) in [6, 6.07) is 0. The van der Waals surface area contributed by atoms with Gasteiger partial charge in [0.15, 0.2) is 5.82 Å². The molecule has 2 aromatic rings. The lowest BCUT2D eigenvalue weighted by molar-refractivity contribution is -0.173. The second-order valence-electron chi connectivity index (χ2n) is 7.01. The predicted octanol–water partition coefficient (Wildman–Crippen LogP) is 1.35. The van der Waals surface area contributed by atoms with Gasteiger partial charge in [0.1, 0.15) is 18.2 Å². The van der Waals surface area contributed by atoms with Crippen LogP contribution in [0.1, 0.15) is 24.6 Å². The van der Waals surface area contributed by atoms with Crippen molar-refractivity contribution in [1.29, 1.82) is 0 Å². The van der Waals surface area contributed by atoms with Crippen LogP contribution in [0.15, 0.2) is 17.5 Å². The van der Waals surface area contributed by atoms with Crippen LogP contribution in [0.4, 0.5) is 19.0 Å². The van der Waals surface area contributed by atoms with Gasteiger partial charge in [-0.25, -0.2) is 15.0 Å². The zero-order valence-corrected chi connectivity index (χ0v) is 16.8. The van der Waals surface area contributed by atoms with E-state index in [1.807, 2.05) is 0 Å². The maximum atomic E-state index is 12.3. The van der Waals surface area contributed by atoms with Gasteiger partial charge in [0, 0.05) is 20.3 Å². The summed E-state index contributed by atoms with van der Waals surface area (Å²) >= 11 is 0. The zero-order valence-electron chi connectivity index (χ0n) is 16.8. The number of aliphatic hydroxyl groups excluding tert-OH is 1. The zero-order chi connectivity index (χ0) is 22.6. The molecule has 0 aromatic carbocycles. The molecule has 31 heavy (non-hydrogen) atoms. The standard InChI is InChI=1S/C19H21F3N6O3/c1-27(2)11-26-16-15-12(4-3-7-23-18(30)19(20,21)22)8-28(17(15)25-10-24-16)14-6-5-13(9-29)31-14/h8,10-11,13-14,29H,5-7,9H2,1-2H3,(H,23,30)/b26-11+/t13?,14-/m1/s1. The maximum Gasteiger partial charge on any atom is 0.471 e. The molecule has 166 valence electrons. The number of aromatic nitrogens is 3.